The van der Waals surface area contributed by atoms with Crippen LogP contribution in [0.3, 0.4) is 0 Å². The molecular formula is C13H15N3O2S. The lowest BCUT2D eigenvalue weighted by atomic mass is 10.1. The first kappa shape index (κ1) is 13.4. The minimum atomic E-state index is -0.318. The molecule has 1 aromatic carbocycles. The Morgan fingerprint density at radius 1 is 1.53 bits per heavy atom. The van der Waals surface area contributed by atoms with Crippen molar-refractivity contribution in [2.45, 2.75) is 19.9 Å². The number of phenols is 1. The van der Waals surface area contributed by atoms with E-state index in [0.717, 1.165) is 11.4 Å². The number of nitrogens with zero attached hydrogens (tertiary/aromatic N) is 1. The van der Waals surface area contributed by atoms with Gasteiger partial charge in [0.25, 0.3) is 5.91 Å². The fraction of sp³-hybridized carbons (Fsp3) is 0.231. The summed E-state index contributed by atoms with van der Waals surface area (Å²) >= 11 is 1.57. The number of hydrogen-bond acceptors (Lipinski definition) is 5. The summed E-state index contributed by atoms with van der Waals surface area (Å²) in [5.41, 5.74) is 6.31. The van der Waals surface area contributed by atoms with Crippen molar-refractivity contribution in [3.63, 3.8) is 0 Å². The monoisotopic (exact) mass is 277 g/mol. The number of hydrogen-bond donors (Lipinski definition) is 3. The Kier molecular flexibility index (Phi) is 4.01. The zero-order valence-electron chi connectivity index (χ0n) is 10.5. The van der Waals surface area contributed by atoms with Crippen LogP contribution in [0.4, 0.5) is 5.69 Å². The Labute approximate surface area is 115 Å². The molecule has 0 fully saturated rings. The van der Waals surface area contributed by atoms with E-state index < -0.39 is 0 Å². The van der Waals surface area contributed by atoms with Crippen molar-refractivity contribution in [1.82, 2.24) is 10.3 Å². The molecule has 0 saturated heterocycles. The van der Waals surface area contributed by atoms with Crippen LogP contribution in [-0.4, -0.2) is 16.0 Å². The molecule has 2 rings (SSSR count). The van der Waals surface area contributed by atoms with Crippen molar-refractivity contribution in [3.8, 4) is 5.75 Å². The maximum atomic E-state index is 11.9. The van der Waals surface area contributed by atoms with E-state index in [1.165, 1.54) is 23.1 Å². The van der Waals surface area contributed by atoms with Crippen molar-refractivity contribution < 1.29 is 9.90 Å². The number of rotatable bonds is 4. The highest BCUT2D eigenvalue weighted by Gasteiger charge is 2.11. The van der Waals surface area contributed by atoms with E-state index in [9.17, 15) is 9.90 Å². The molecule has 0 aliphatic rings. The predicted molar refractivity (Wildman–Crippen MR) is 75.2 cm³/mol. The van der Waals surface area contributed by atoms with Crippen LogP contribution in [0.5, 0.6) is 5.75 Å². The third-order valence-electron chi connectivity index (χ3n) is 2.63. The Bertz CT molecular complexity index is 595. The zero-order valence-corrected chi connectivity index (χ0v) is 11.3. The molecule has 1 amide bonds. The fourth-order valence-electron chi connectivity index (χ4n) is 1.59. The number of aromatic nitrogens is 1. The van der Waals surface area contributed by atoms with Gasteiger partial charge in [0.15, 0.2) is 0 Å². The number of anilines is 1. The highest BCUT2D eigenvalue weighted by molar-refractivity contribution is 7.11. The van der Waals surface area contributed by atoms with Gasteiger partial charge in [-0.2, -0.15) is 0 Å². The molecule has 5 nitrogen and oxygen atoms in total. The number of phenolic OH excluding ortho intramolecular Hbond substituents is 1. The van der Waals surface area contributed by atoms with Crippen LogP contribution in [0.25, 0.3) is 0 Å². The normalized spacial score (nSPS) is 10.4. The topological polar surface area (TPSA) is 88.2 Å². The molecular weight excluding hydrogens is 262 g/mol. The molecule has 0 unspecified atom stereocenters. The molecule has 100 valence electrons. The van der Waals surface area contributed by atoms with Crippen LogP contribution in [0.2, 0.25) is 0 Å². The van der Waals surface area contributed by atoms with Gasteiger partial charge in [0.05, 0.1) is 12.1 Å². The van der Waals surface area contributed by atoms with Crippen molar-refractivity contribution in [1.29, 1.82) is 0 Å². The number of thiazole rings is 1. The lowest BCUT2D eigenvalue weighted by Crippen LogP contribution is -2.23. The molecule has 2 aromatic rings. The number of aryl methyl sites for hydroxylation is 1. The van der Waals surface area contributed by atoms with Gasteiger partial charge in [-0.25, -0.2) is 4.98 Å². The summed E-state index contributed by atoms with van der Waals surface area (Å²) in [4.78, 5) is 17.3. The lowest BCUT2D eigenvalue weighted by molar-refractivity contribution is 0.0951. The SMILES string of the molecule is CCc1cnc(CNC(=O)c2cc(O)ccc2N)s1. The molecule has 4 N–H and O–H groups in total. The summed E-state index contributed by atoms with van der Waals surface area (Å²) in [5, 5.41) is 13.0. The van der Waals surface area contributed by atoms with Crippen molar-refractivity contribution in [2.75, 3.05) is 5.73 Å². The summed E-state index contributed by atoms with van der Waals surface area (Å²) in [7, 11) is 0. The molecule has 1 aromatic heterocycles. The molecule has 0 bridgehead atoms. The first-order valence-electron chi connectivity index (χ1n) is 5.90. The first-order chi connectivity index (χ1) is 9.10. The van der Waals surface area contributed by atoms with E-state index >= 15 is 0 Å². The second kappa shape index (κ2) is 5.71. The Morgan fingerprint density at radius 2 is 2.32 bits per heavy atom. The molecule has 6 heteroatoms. The van der Waals surface area contributed by atoms with E-state index in [4.69, 9.17) is 5.73 Å². The van der Waals surface area contributed by atoms with Gasteiger partial charge in [-0.3, -0.25) is 4.79 Å². The summed E-state index contributed by atoms with van der Waals surface area (Å²) < 4.78 is 0. The number of nitrogen functional groups attached to an aromatic ring is 1. The van der Waals surface area contributed by atoms with Crippen molar-refractivity contribution >= 4 is 22.9 Å². The minimum absolute atomic E-state index is 0.0156. The minimum Gasteiger partial charge on any atom is -0.508 e. The van der Waals surface area contributed by atoms with E-state index in [2.05, 4.69) is 17.2 Å². The molecule has 19 heavy (non-hydrogen) atoms. The maximum absolute atomic E-state index is 11.9. The van der Waals surface area contributed by atoms with Crippen LogP contribution >= 0.6 is 11.3 Å². The Hall–Kier alpha value is -2.08. The van der Waals surface area contributed by atoms with Gasteiger partial charge in [-0.15, -0.1) is 11.3 Å². The largest absolute Gasteiger partial charge is 0.508 e. The predicted octanol–water partition coefficient (Wildman–Crippen LogP) is 1.92. The van der Waals surface area contributed by atoms with Gasteiger partial charge < -0.3 is 16.2 Å². The second-order valence-corrected chi connectivity index (χ2v) is 5.23. The standard InChI is InChI=1S/C13H15N3O2S/c1-2-9-6-15-12(19-9)7-16-13(18)10-5-8(17)3-4-11(10)14/h3-6,17H,2,7,14H2,1H3,(H,16,18). The number of carbonyl (C=O) groups excluding carboxylic acids is 1. The van der Waals surface area contributed by atoms with Crippen LogP contribution in [0, 0.1) is 0 Å². The molecule has 0 saturated carbocycles. The fourth-order valence-corrected chi connectivity index (χ4v) is 2.39. The molecule has 0 atom stereocenters. The van der Waals surface area contributed by atoms with E-state index in [-0.39, 0.29) is 17.2 Å². The van der Waals surface area contributed by atoms with E-state index in [1.54, 1.807) is 11.3 Å². The quantitative estimate of drug-likeness (QED) is 0.588. The van der Waals surface area contributed by atoms with E-state index in [1.807, 2.05) is 6.20 Å². The number of nitrogens with one attached hydrogen (secondary N) is 1. The highest BCUT2D eigenvalue weighted by Crippen LogP contribution is 2.19. The van der Waals surface area contributed by atoms with Crippen LogP contribution < -0.4 is 11.1 Å². The molecule has 1 heterocycles. The molecule has 0 radical (unpaired) electrons. The number of nitrogens with two attached hydrogens (primary N) is 1. The highest BCUT2D eigenvalue weighted by atomic mass is 32.1. The Balaban J connectivity index is 2.03. The molecule has 0 aliphatic heterocycles. The van der Waals surface area contributed by atoms with Crippen molar-refractivity contribution in [3.05, 3.63) is 39.8 Å². The van der Waals surface area contributed by atoms with Gasteiger partial charge in [-0.1, -0.05) is 6.92 Å². The number of benzene rings is 1. The Morgan fingerprint density at radius 3 is 3.00 bits per heavy atom. The smallest absolute Gasteiger partial charge is 0.253 e. The van der Waals surface area contributed by atoms with E-state index in [0.29, 0.717) is 12.2 Å². The summed E-state index contributed by atoms with van der Waals surface area (Å²) in [6.45, 7) is 2.42. The average molecular weight is 277 g/mol. The summed E-state index contributed by atoms with van der Waals surface area (Å²) in [5.74, 6) is -0.302. The third kappa shape index (κ3) is 3.23. The lowest BCUT2D eigenvalue weighted by Gasteiger charge is -2.06. The van der Waals surface area contributed by atoms with Gasteiger partial charge in [0, 0.05) is 16.8 Å². The van der Waals surface area contributed by atoms with Gasteiger partial charge in [-0.05, 0) is 24.6 Å². The molecule has 0 aliphatic carbocycles. The second-order valence-electron chi connectivity index (χ2n) is 4.03. The summed E-state index contributed by atoms with van der Waals surface area (Å²) in [6.07, 6.45) is 2.75. The first-order valence-corrected chi connectivity index (χ1v) is 6.72. The zero-order chi connectivity index (χ0) is 13.8. The van der Waals surface area contributed by atoms with Gasteiger partial charge in [0.1, 0.15) is 10.8 Å². The maximum Gasteiger partial charge on any atom is 0.253 e. The molecule has 0 spiro atoms. The average Bonchev–Trinajstić information content (AvgIpc) is 2.87. The number of aromatic hydroxyl groups is 1. The van der Waals surface area contributed by atoms with Gasteiger partial charge in [0.2, 0.25) is 0 Å². The number of amides is 1. The van der Waals surface area contributed by atoms with Crippen LogP contribution in [0.15, 0.2) is 24.4 Å². The number of carbonyl (C=O) groups is 1. The third-order valence-corrected chi connectivity index (χ3v) is 3.77. The van der Waals surface area contributed by atoms with Crippen LogP contribution in [-0.2, 0) is 13.0 Å². The summed E-state index contributed by atoms with van der Waals surface area (Å²) in [6, 6.07) is 4.30. The van der Waals surface area contributed by atoms with Crippen molar-refractivity contribution in [2.24, 2.45) is 0 Å². The van der Waals surface area contributed by atoms with Gasteiger partial charge >= 0.3 is 0 Å². The van der Waals surface area contributed by atoms with Crippen LogP contribution in [0.1, 0.15) is 27.2 Å².